The van der Waals surface area contributed by atoms with E-state index >= 15 is 0 Å². The van der Waals surface area contributed by atoms with E-state index in [-0.39, 0.29) is 11.6 Å². The SMILES string of the molecule is Cc1cc(=O)n2nc(NC[C@H](c3ccco3)N3CCCCC3)sc2n1. The second-order valence-electron chi connectivity index (χ2n) is 6.35. The van der Waals surface area contributed by atoms with Crippen LogP contribution in [0, 0.1) is 6.92 Å². The van der Waals surface area contributed by atoms with Gasteiger partial charge >= 0.3 is 0 Å². The number of likely N-dealkylation sites (tertiary alicyclic amines) is 1. The Kier molecular flexibility index (Phi) is 4.54. The molecule has 0 saturated carbocycles. The quantitative estimate of drug-likeness (QED) is 0.755. The maximum atomic E-state index is 12.0. The molecule has 3 aromatic rings. The van der Waals surface area contributed by atoms with Crippen LogP contribution in [0.3, 0.4) is 0 Å². The molecule has 0 spiro atoms. The van der Waals surface area contributed by atoms with Gasteiger partial charge in [-0.3, -0.25) is 9.69 Å². The number of fused-ring (bicyclic) bond motifs is 1. The molecule has 4 rings (SSSR count). The molecule has 8 heteroatoms. The Hall–Kier alpha value is -2.19. The molecule has 0 bridgehead atoms. The van der Waals surface area contributed by atoms with E-state index in [9.17, 15) is 4.79 Å². The summed E-state index contributed by atoms with van der Waals surface area (Å²) in [6.07, 6.45) is 5.45. The smallest absolute Gasteiger partial charge is 0.275 e. The van der Waals surface area contributed by atoms with Crippen molar-refractivity contribution in [2.75, 3.05) is 25.0 Å². The van der Waals surface area contributed by atoms with Crippen LogP contribution in [0.25, 0.3) is 4.96 Å². The fraction of sp³-hybridized carbons (Fsp3) is 0.471. The van der Waals surface area contributed by atoms with Gasteiger partial charge in [-0.05, 0) is 45.0 Å². The van der Waals surface area contributed by atoms with Crippen LogP contribution in [0.5, 0.6) is 0 Å². The summed E-state index contributed by atoms with van der Waals surface area (Å²) in [6.45, 7) is 4.65. The Morgan fingerprint density at radius 3 is 2.96 bits per heavy atom. The predicted octanol–water partition coefficient (Wildman–Crippen LogP) is 2.69. The Bertz CT molecular complexity index is 896. The van der Waals surface area contributed by atoms with Gasteiger partial charge < -0.3 is 9.73 Å². The van der Waals surface area contributed by atoms with Crippen LogP contribution in [0.4, 0.5) is 5.13 Å². The molecule has 0 radical (unpaired) electrons. The Morgan fingerprint density at radius 1 is 1.36 bits per heavy atom. The van der Waals surface area contributed by atoms with E-state index < -0.39 is 0 Å². The average Bonchev–Trinajstić information content (AvgIpc) is 3.26. The third kappa shape index (κ3) is 3.45. The average molecular weight is 359 g/mol. The first-order valence-electron chi connectivity index (χ1n) is 8.59. The van der Waals surface area contributed by atoms with Crippen LogP contribution in [-0.4, -0.2) is 39.1 Å². The molecular formula is C17H21N5O2S. The topological polar surface area (TPSA) is 75.7 Å². The molecule has 7 nitrogen and oxygen atoms in total. The summed E-state index contributed by atoms with van der Waals surface area (Å²) in [5.74, 6) is 0.960. The Morgan fingerprint density at radius 2 is 2.20 bits per heavy atom. The summed E-state index contributed by atoms with van der Waals surface area (Å²) < 4.78 is 7.01. The molecule has 0 amide bonds. The monoisotopic (exact) mass is 359 g/mol. The van der Waals surface area contributed by atoms with Crippen molar-refractivity contribution in [3.63, 3.8) is 0 Å². The molecule has 1 N–H and O–H groups in total. The highest BCUT2D eigenvalue weighted by Crippen LogP contribution is 2.26. The lowest BCUT2D eigenvalue weighted by molar-refractivity contribution is 0.153. The van der Waals surface area contributed by atoms with Gasteiger partial charge in [0.2, 0.25) is 10.1 Å². The van der Waals surface area contributed by atoms with Crippen molar-refractivity contribution in [1.82, 2.24) is 19.5 Å². The van der Waals surface area contributed by atoms with Gasteiger partial charge in [-0.15, -0.1) is 5.10 Å². The normalized spacial score (nSPS) is 17.0. The maximum Gasteiger partial charge on any atom is 0.275 e. The number of nitrogens with zero attached hydrogens (tertiary/aromatic N) is 4. The molecule has 0 aromatic carbocycles. The number of anilines is 1. The van der Waals surface area contributed by atoms with Crippen molar-refractivity contribution in [3.05, 3.63) is 46.3 Å². The van der Waals surface area contributed by atoms with Gasteiger partial charge in [0.15, 0.2) is 0 Å². The summed E-state index contributed by atoms with van der Waals surface area (Å²) in [5, 5.41) is 8.42. The van der Waals surface area contributed by atoms with E-state index in [1.165, 1.54) is 41.2 Å². The second kappa shape index (κ2) is 6.97. The van der Waals surface area contributed by atoms with Crippen molar-refractivity contribution in [2.24, 2.45) is 0 Å². The lowest BCUT2D eigenvalue weighted by atomic mass is 10.1. The summed E-state index contributed by atoms with van der Waals surface area (Å²) in [5.41, 5.74) is 0.562. The number of hydrogen-bond donors (Lipinski definition) is 1. The molecule has 25 heavy (non-hydrogen) atoms. The molecular weight excluding hydrogens is 338 g/mol. The van der Waals surface area contributed by atoms with Crippen LogP contribution in [0.1, 0.15) is 36.8 Å². The molecule has 0 unspecified atom stereocenters. The van der Waals surface area contributed by atoms with Crippen LogP contribution in [-0.2, 0) is 0 Å². The van der Waals surface area contributed by atoms with Crippen molar-refractivity contribution >= 4 is 21.4 Å². The lowest BCUT2D eigenvalue weighted by Crippen LogP contribution is -2.37. The minimum absolute atomic E-state index is 0.148. The third-order valence-corrected chi connectivity index (χ3v) is 5.39. The molecule has 1 atom stereocenters. The van der Waals surface area contributed by atoms with Crippen LogP contribution < -0.4 is 10.9 Å². The first kappa shape index (κ1) is 16.3. The van der Waals surface area contributed by atoms with Crippen molar-refractivity contribution in [2.45, 2.75) is 32.2 Å². The molecule has 0 aliphatic carbocycles. The van der Waals surface area contributed by atoms with Gasteiger partial charge in [0.05, 0.1) is 12.3 Å². The standard InChI is InChI=1S/C17H21N5O2S/c1-12-10-15(23)22-17(19-12)25-16(20-22)18-11-13(14-6-5-9-24-14)21-7-3-2-4-8-21/h5-6,9-10,13H,2-4,7-8,11H2,1H3,(H,18,20)/t13-/m1/s1. The maximum absolute atomic E-state index is 12.0. The van der Waals surface area contributed by atoms with Gasteiger partial charge in [0.1, 0.15) is 5.76 Å². The number of rotatable bonds is 5. The summed E-state index contributed by atoms with van der Waals surface area (Å²) >= 11 is 1.39. The highest BCUT2D eigenvalue weighted by molar-refractivity contribution is 7.20. The molecule has 1 saturated heterocycles. The lowest BCUT2D eigenvalue weighted by Gasteiger charge is -2.33. The van der Waals surface area contributed by atoms with E-state index in [2.05, 4.69) is 20.3 Å². The van der Waals surface area contributed by atoms with Gasteiger partial charge in [-0.2, -0.15) is 4.52 Å². The summed E-state index contributed by atoms with van der Waals surface area (Å²) in [7, 11) is 0. The molecule has 132 valence electrons. The number of aryl methyl sites for hydroxylation is 1. The molecule has 1 aliphatic rings. The van der Waals surface area contributed by atoms with E-state index in [4.69, 9.17) is 4.42 Å². The molecule has 4 heterocycles. The Labute approximate surface area is 149 Å². The molecule has 1 fully saturated rings. The van der Waals surface area contributed by atoms with E-state index in [0.717, 1.165) is 18.8 Å². The number of nitrogens with one attached hydrogen (secondary N) is 1. The van der Waals surface area contributed by atoms with E-state index in [1.807, 2.05) is 19.1 Å². The summed E-state index contributed by atoms with van der Waals surface area (Å²) in [4.78, 5) is 19.4. The fourth-order valence-corrected chi connectivity index (χ4v) is 4.15. The highest BCUT2D eigenvalue weighted by atomic mass is 32.1. The predicted molar refractivity (Wildman–Crippen MR) is 97.2 cm³/mol. The number of furan rings is 1. The van der Waals surface area contributed by atoms with Crippen molar-refractivity contribution in [1.29, 1.82) is 0 Å². The summed E-state index contributed by atoms with van der Waals surface area (Å²) in [6, 6.07) is 5.61. The Balaban J connectivity index is 1.54. The molecule has 3 aromatic heterocycles. The minimum Gasteiger partial charge on any atom is -0.468 e. The van der Waals surface area contributed by atoms with Crippen LogP contribution in [0.2, 0.25) is 0 Å². The number of piperidine rings is 1. The van der Waals surface area contributed by atoms with E-state index in [1.54, 1.807) is 6.26 Å². The van der Waals surface area contributed by atoms with Crippen molar-refractivity contribution < 1.29 is 4.42 Å². The van der Waals surface area contributed by atoms with Gasteiger partial charge in [-0.1, -0.05) is 17.8 Å². The van der Waals surface area contributed by atoms with Crippen LogP contribution >= 0.6 is 11.3 Å². The zero-order chi connectivity index (χ0) is 17.2. The third-order valence-electron chi connectivity index (χ3n) is 4.52. The zero-order valence-electron chi connectivity index (χ0n) is 14.1. The van der Waals surface area contributed by atoms with Crippen LogP contribution in [0.15, 0.2) is 33.7 Å². The second-order valence-corrected chi connectivity index (χ2v) is 7.30. The number of hydrogen-bond acceptors (Lipinski definition) is 7. The van der Waals surface area contributed by atoms with E-state index in [0.29, 0.717) is 22.3 Å². The van der Waals surface area contributed by atoms with Gasteiger partial charge in [0.25, 0.3) is 5.56 Å². The number of aromatic nitrogens is 3. The highest BCUT2D eigenvalue weighted by Gasteiger charge is 2.24. The molecule has 1 aliphatic heterocycles. The van der Waals surface area contributed by atoms with Gasteiger partial charge in [-0.25, -0.2) is 4.98 Å². The minimum atomic E-state index is -0.148. The zero-order valence-corrected chi connectivity index (χ0v) is 15.0. The fourth-order valence-electron chi connectivity index (χ4n) is 3.30. The van der Waals surface area contributed by atoms with Crippen molar-refractivity contribution in [3.8, 4) is 0 Å². The largest absolute Gasteiger partial charge is 0.468 e. The first-order valence-corrected chi connectivity index (χ1v) is 9.41. The first-order chi connectivity index (χ1) is 12.2. The van der Waals surface area contributed by atoms with Gasteiger partial charge in [0, 0.05) is 18.3 Å².